The first-order chi connectivity index (χ1) is 13.7. The van der Waals surface area contributed by atoms with Crippen molar-refractivity contribution in [2.45, 2.75) is 19.3 Å². The maximum absolute atomic E-state index is 13.8. The van der Waals surface area contributed by atoms with Crippen LogP contribution in [-0.4, -0.2) is 47.2 Å². The molecule has 1 saturated heterocycles. The summed E-state index contributed by atoms with van der Waals surface area (Å²) in [4.78, 5) is 29.3. The molecule has 0 atom stereocenters. The average molecular weight is 426 g/mol. The minimum Gasteiger partial charge on any atom is -0.313 e. The van der Waals surface area contributed by atoms with Crippen molar-refractivity contribution >= 4 is 23.2 Å². The van der Waals surface area contributed by atoms with Crippen LogP contribution in [0.4, 0.5) is 13.2 Å². The van der Waals surface area contributed by atoms with Gasteiger partial charge in [0.1, 0.15) is 23.1 Å². The Kier molecular flexibility index (Phi) is 6.39. The molecule has 1 fully saturated rings. The van der Waals surface area contributed by atoms with Gasteiger partial charge >= 0.3 is 0 Å². The molecule has 2 heterocycles. The fraction of sp³-hybridized carbons (Fsp3) is 0.381. The Morgan fingerprint density at radius 2 is 1.76 bits per heavy atom. The van der Waals surface area contributed by atoms with Gasteiger partial charge in [-0.25, -0.2) is 18.2 Å². The molecule has 0 spiro atoms. The number of alkyl halides is 1. The van der Waals surface area contributed by atoms with E-state index in [0.717, 1.165) is 13.1 Å². The standard InChI is InChI=1S/C21H21ClF3N2O2/c1-27(12-22)7-5-13(6-8-27)21(29)18-4-2-3-15(26-18)11-19(28)20-16(24)9-14(23)10-17(20)25/h2-4,9-10,13H,5-8,11-12H2,1H3/q+1. The van der Waals surface area contributed by atoms with Gasteiger partial charge in [0.15, 0.2) is 17.6 Å². The van der Waals surface area contributed by atoms with Crippen LogP contribution in [-0.2, 0) is 6.42 Å². The number of hydrogen-bond donors (Lipinski definition) is 0. The molecule has 1 aromatic carbocycles. The molecule has 1 aliphatic rings. The molecule has 8 heteroatoms. The van der Waals surface area contributed by atoms with Gasteiger partial charge in [-0.15, -0.1) is 0 Å². The molecular formula is C21H21ClF3N2O2+. The summed E-state index contributed by atoms with van der Waals surface area (Å²) in [5.74, 6) is -4.78. The lowest BCUT2D eigenvalue weighted by Crippen LogP contribution is -2.49. The molecule has 2 aromatic rings. The quantitative estimate of drug-likeness (QED) is 0.302. The van der Waals surface area contributed by atoms with E-state index in [1.165, 1.54) is 6.07 Å². The molecule has 3 rings (SSSR count). The Morgan fingerprint density at radius 3 is 2.34 bits per heavy atom. The van der Waals surface area contributed by atoms with Gasteiger partial charge in [0.05, 0.1) is 32.1 Å². The number of nitrogens with zero attached hydrogens (tertiary/aromatic N) is 2. The highest BCUT2D eigenvalue weighted by atomic mass is 35.5. The predicted molar refractivity (Wildman–Crippen MR) is 102 cm³/mol. The van der Waals surface area contributed by atoms with Gasteiger partial charge in [0.25, 0.3) is 0 Å². The maximum Gasteiger partial charge on any atom is 0.184 e. The molecule has 0 amide bonds. The Balaban J connectivity index is 1.73. The zero-order valence-electron chi connectivity index (χ0n) is 15.9. The van der Waals surface area contributed by atoms with Crippen molar-refractivity contribution in [3.05, 3.63) is 64.7 Å². The lowest BCUT2D eigenvalue weighted by Gasteiger charge is -2.38. The minimum absolute atomic E-state index is 0.112. The number of halogens is 4. The predicted octanol–water partition coefficient (Wildman–Crippen LogP) is 4.16. The van der Waals surface area contributed by atoms with Crippen molar-refractivity contribution < 1.29 is 27.2 Å². The number of Topliss-reactive ketones (excluding diaryl/α,β-unsaturated/α-hetero) is 2. The molecule has 0 radical (unpaired) electrons. The normalized spacial score (nSPS) is 21.8. The van der Waals surface area contributed by atoms with Crippen molar-refractivity contribution in [1.82, 2.24) is 4.98 Å². The second-order valence-corrected chi connectivity index (χ2v) is 7.92. The number of carbonyl (C=O) groups is 2. The van der Waals surface area contributed by atoms with Crippen molar-refractivity contribution in [3.63, 3.8) is 0 Å². The summed E-state index contributed by atoms with van der Waals surface area (Å²) in [7, 11) is 2.05. The first-order valence-electron chi connectivity index (χ1n) is 9.30. The van der Waals surface area contributed by atoms with Crippen LogP contribution in [0.2, 0.25) is 0 Å². The first kappa shape index (κ1) is 21.5. The van der Waals surface area contributed by atoms with Gasteiger partial charge < -0.3 is 4.48 Å². The van der Waals surface area contributed by atoms with Crippen LogP contribution in [0.5, 0.6) is 0 Å². The third-order valence-electron chi connectivity index (χ3n) is 5.38. The van der Waals surface area contributed by atoms with E-state index >= 15 is 0 Å². The van der Waals surface area contributed by atoms with E-state index in [-0.39, 0.29) is 23.1 Å². The van der Waals surface area contributed by atoms with E-state index in [0.29, 0.717) is 35.5 Å². The summed E-state index contributed by atoms with van der Waals surface area (Å²) in [6.07, 6.45) is 0.990. The van der Waals surface area contributed by atoms with Gasteiger partial charge in [0, 0.05) is 36.6 Å². The van der Waals surface area contributed by atoms with Crippen LogP contribution in [0.1, 0.15) is 39.4 Å². The molecule has 4 nitrogen and oxygen atoms in total. The highest BCUT2D eigenvalue weighted by Crippen LogP contribution is 2.25. The number of pyridine rings is 1. The largest absolute Gasteiger partial charge is 0.313 e. The smallest absolute Gasteiger partial charge is 0.184 e. The lowest BCUT2D eigenvalue weighted by molar-refractivity contribution is -0.904. The van der Waals surface area contributed by atoms with Crippen LogP contribution in [0, 0.1) is 23.4 Å². The zero-order valence-corrected chi connectivity index (χ0v) is 16.7. The monoisotopic (exact) mass is 425 g/mol. The number of carbonyl (C=O) groups excluding carboxylic acids is 2. The van der Waals surface area contributed by atoms with Crippen LogP contribution in [0.25, 0.3) is 0 Å². The van der Waals surface area contributed by atoms with Crippen molar-refractivity contribution in [2.75, 3.05) is 26.1 Å². The topological polar surface area (TPSA) is 47.0 Å². The van der Waals surface area contributed by atoms with Gasteiger partial charge in [-0.2, -0.15) is 0 Å². The van der Waals surface area contributed by atoms with Gasteiger partial charge in [-0.05, 0) is 12.1 Å². The molecule has 0 unspecified atom stereocenters. The fourth-order valence-electron chi connectivity index (χ4n) is 3.56. The number of aromatic nitrogens is 1. The molecule has 0 saturated carbocycles. The van der Waals surface area contributed by atoms with E-state index < -0.39 is 35.2 Å². The number of hydrogen-bond acceptors (Lipinski definition) is 3. The lowest BCUT2D eigenvalue weighted by atomic mass is 9.90. The second kappa shape index (κ2) is 8.63. The number of quaternary nitrogens is 1. The van der Waals surface area contributed by atoms with Gasteiger partial charge in [0.2, 0.25) is 0 Å². The van der Waals surface area contributed by atoms with E-state index in [1.54, 1.807) is 12.1 Å². The summed E-state index contributed by atoms with van der Waals surface area (Å²) in [5.41, 5.74) is -0.362. The zero-order chi connectivity index (χ0) is 21.2. The van der Waals surface area contributed by atoms with Gasteiger partial charge in [-0.3, -0.25) is 9.59 Å². The molecule has 1 aromatic heterocycles. The Labute approximate surface area is 171 Å². The Hall–Kier alpha value is -2.25. The molecule has 29 heavy (non-hydrogen) atoms. The number of ketones is 2. The third-order valence-corrected chi connectivity index (χ3v) is 5.96. The van der Waals surface area contributed by atoms with Gasteiger partial charge in [-0.1, -0.05) is 17.7 Å². The maximum atomic E-state index is 13.8. The highest BCUT2D eigenvalue weighted by molar-refractivity contribution is 6.17. The molecular weight excluding hydrogens is 405 g/mol. The average Bonchev–Trinajstić information content (AvgIpc) is 2.67. The molecule has 0 aliphatic carbocycles. The van der Waals surface area contributed by atoms with E-state index in [4.69, 9.17) is 11.6 Å². The van der Waals surface area contributed by atoms with Crippen molar-refractivity contribution in [3.8, 4) is 0 Å². The molecule has 154 valence electrons. The third kappa shape index (κ3) is 4.85. The number of benzene rings is 1. The number of piperidine rings is 1. The van der Waals surface area contributed by atoms with Crippen LogP contribution < -0.4 is 0 Å². The minimum atomic E-state index is -1.26. The van der Waals surface area contributed by atoms with E-state index in [1.807, 2.05) is 7.05 Å². The second-order valence-electron chi connectivity index (χ2n) is 7.68. The van der Waals surface area contributed by atoms with E-state index in [9.17, 15) is 22.8 Å². The summed E-state index contributed by atoms with van der Waals surface area (Å²) in [5, 5.41) is 0. The summed E-state index contributed by atoms with van der Waals surface area (Å²) in [6.45, 7) is 1.59. The summed E-state index contributed by atoms with van der Waals surface area (Å²) >= 11 is 5.99. The van der Waals surface area contributed by atoms with Crippen molar-refractivity contribution in [2.24, 2.45) is 5.92 Å². The summed E-state index contributed by atoms with van der Waals surface area (Å²) < 4.78 is 41.4. The molecule has 1 aliphatic heterocycles. The van der Waals surface area contributed by atoms with E-state index in [2.05, 4.69) is 4.98 Å². The number of likely N-dealkylation sites (tertiary alicyclic amines) is 1. The van der Waals surface area contributed by atoms with Crippen LogP contribution in [0.15, 0.2) is 30.3 Å². The highest BCUT2D eigenvalue weighted by Gasteiger charge is 2.33. The van der Waals surface area contributed by atoms with Crippen LogP contribution >= 0.6 is 11.6 Å². The fourth-order valence-corrected chi connectivity index (χ4v) is 3.80. The Bertz CT molecular complexity index is 920. The molecule has 0 bridgehead atoms. The number of rotatable bonds is 6. The van der Waals surface area contributed by atoms with Crippen molar-refractivity contribution in [1.29, 1.82) is 0 Å². The summed E-state index contributed by atoms with van der Waals surface area (Å²) in [6, 6.07) is 6.07. The SMILES string of the molecule is C[N+]1(CCl)CCC(C(=O)c2cccc(CC(=O)c3c(F)cc(F)cc3F)n2)CC1. The van der Waals surface area contributed by atoms with Crippen LogP contribution in [0.3, 0.4) is 0 Å². The Morgan fingerprint density at radius 1 is 1.14 bits per heavy atom. The first-order valence-corrected chi connectivity index (χ1v) is 9.83. The molecule has 0 N–H and O–H groups in total.